The van der Waals surface area contributed by atoms with Crippen molar-refractivity contribution in [3.8, 4) is 0 Å². The fourth-order valence-electron chi connectivity index (χ4n) is 3.97. The van der Waals surface area contributed by atoms with Crippen molar-refractivity contribution in [2.45, 2.75) is 18.9 Å². The second kappa shape index (κ2) is 8.57. The standard InChI is InChI=1S/C22H26FN3O4/c1-2-11-30-22(29)17-14-26(15-3-4-15)19-13-20(18(23)12-16(19)21(17)28)25-7-5-24(6-8-25)9-10-27/h2,12-15,27H,1,3-11H2. The first-order chi connectivity index (χ1) is 14.5. The molecule has 0 radical (unpaired) electrons. The number of anilines is 1. The van der Waals surface area contributed by atoms with Crippen LogP contribution in [0.25, 0.3) is 10.9 Å². The number of hydrogen-bond acceptors (Lipinski definition) is 6. The van der Waals surface area contributed by atoms with E-state index in [2.05, 4.69) is 11.5 Å². The van der Waals surface area contributed by atoms with E-state index in [9.17, 15) is 9.59 Å². The first-order valence-corrected chi connectivity index (χ1v) is 10.3. The molecule has 1 N–H and O–H groups in total. The molecule has 0 amide bonds. The Labute approximate surface area is 174 Å². The van der Waals surface area contributed by atoms with E-state index < -0.39 is 17.2 Å². The summed E-state index contributed by atoms with van der Waals surface area (Å²) in [6, 6.07) is 3.17. The van der Waals surface area contributed by atoms with E-state index in [4.69, 9.17) is 9.84 Å². The second-order valence-electron chi connectivity index (χ2n) is 7.77. The van der Waals surface area contributed by atoms with Gasteiger partial charge in [0.15, 0.2) is 0 Å². The van der Waals surface area contributed by atoms with E-state index >= 15 is 4.39 Å². The number of rotatable bonds is 7. The molecule has 2 aliphatic rings. The van der Waals surface area contributed by atoms with E-state index in [1.165, 1.54) is 12.1 Å². The van der Waals surface area contributed by atoms with Crippen LogP contribution in [0.2, 0.25) is 0 Å². The van der Waals surface area contributed by atoms with Crippen molar-refractivity contribution in [2.24, 2.45) is 0 Å². The van der Waals surface area contributed by atoms with Gasteiger partial charge in [0, 0.05) is 50.3 Å². The smallest absolute Gasteiger partial charge is 0.343 e. The maximum absolute atomic E-state index is 15.0. The highest BCUT2D eigenvalue weighted by atomic mass is 19.1. The molecule has 2 fully saturated rings. The number of β-amino-alcohol motifs (C(OH)–C–C–N with tert-alkyl or cyclic N) is 1. The van der Waals surface area contributed by atoms with Gasteiger partial charge >= 0.3 is 5.97 Å². The SMILES string of the molecule is C=CCOC(=O)c1cn(C2CC2)c2cc(N3CCN(CCO)CC3)c(F)cc2c1=O. The molecule has 1 aromatic carbocycles. The summed E-state index contributed by atoms with van der Waals surface area (Å²) >= 11 is 0. The van der Waals surface area contributed by atoms with Gasteiger partial charge in [-0.15, -0.1) is 0 Å². The summed E-state index contributed by atoms with van der Waals surface area (Å²) in [6.45, 7) is 6.99. The summed E-state index contributed by atoms with van der Waals surface area (Å²) in [5.74, 6) is -1.20. The number of hydrogen-bond donors (Lipinski definition) is 1. The predicted octanol–water partition coefficient (Wildman–Crippen LogP) is 1.93. The van der Waals surface area contributed by atoms with Crippen molar-refractivity contribution >= 4 is 22.6 Å². The molecule has 160 valence electrons. The molecule has 7 nitrogen and oxygen atoms in total. The van der Waals surface area contributed by atoms with Crippen LogP contribution in [0, 0.1) is 5.82 Å². The lowest BCUT2D eigenvalue weighted by Gasteiger charge is -2.36. The number of pyridine rings is 1. The highest BCUT2D eigenvalue weighted by Gasteiger charge is 2.29. The van der Waals surface area contributed by atoms with Crippen molar-refractivity contribution < 1.29 is 19.0 Å². The van der Waals surface area contributed by atoms with Crippen LogP contribution in [0.15, 0.2) is 35.8 Å². The van der Waals surface area contributed by atoms with E-state index in [0.29, 0.717) is 30.8 Å². The lowest BCUT2D eigenvalue weighted by molar-refractivity contribution is 0.0547. The number of ether oxygens (including phenoxy) is 1. The van der Waals surface area contributed by atoms with E-state index in [-0.39, 0.29) is 30.2 Å². The molecule has 4 rings (SSSR count). The zero-order valence-corrected chi connectivity index (χ0v) is 16.8. The third-order valence-electron chi connectivity index (χ3n) is 5.72. The molecule has 1 aromatic heterocycles. The Balaban J connectivity index is 1.73. The van der Waals surface area contributed by atoms with Gasteiger partial charge in [-0.25, -0.2) is 9.18 Å². The Morgan fingerprint density at radius 2 is 2.00 bits per heavy atom. The van der Waals surface area contributed by atoms with Gasteiger partial charge in [-0.05, 0) is 25.0 Å². The molecule has 2 aromatic rings. The summed E-state index contributed by atoms with van der Waals surface area (Å²) in [5.41, 5.74) is 0.495. The van der Waals surface area contributed by atoms with Gasteiger partial charge in [-0.3, -0.25) is 9.69 Å². The summed E-state index contributed by atoms with van der Waals surface area (Å²) in [6.07, 6.45) is 4.89. The molecule has 30 heavy (non-hydrogen) atoms. The average molecular weight is 415 g/mol. The second-order valence-corrected chi connectivity index (χ2v) is 7.77. The van der Waals surface area contributed by atoms with E-state index in [0.717, 1.165) is 25.9 Å². The van der Waals surface area contributed by atoms with E-state index in [1.54, 1.807) is 12.3 Å². The van der Waals surface area contributed by atoms with Crippen LogP contribution in [-0.2, 0) is 4.74 Å². The molecule has 0 bridgehead atoms. The number of aliphatic hydroxyl groups is 1. The highest BCUT2D eigenvalue weighted by Crippen LogP contribution is 2.38. The zero-order valence-electron chi connectivity index (χ0n) is 16.8. The fourth-order valence-corrected chi connectivity index (χ4v) is 3.97. The van der Waals surface area contributed by atoms with Crippen molar-refractivity contribution in [1.29, 1.82) is 0 Å². The minimum absolute atomic E-state index is 0.00922. The van der Waals surface area contributed by atoms with Gasteiger partial charge in [0.2, 0.25) is 5.43 Å². The predicted molar refractivity (Wildman–Crippen MR) is 113 cm³/mol. The van der Waals surface area contributed by atoms with Gasteiger partial charge in [0.25, 0.3) is 0 Å². The number of halogens is 1. The summed E-state index contributed by atoms with van der Waals surface area (Å²) < 4.78 is 22.0. The molecule has 1 aliphatic carbocycles. The molecule has 1 saturated carbocycles. The topological polar surface area (TPSA) is 75.0 Å². The first kappa shape index (κ1) is 20.6. The fraction of sp³-hybridized carbons (Fsp3) is 0.455. The molecular formula is C22H26FN3O4. The Hall–Kier alpha value is -2.71. The van der Waals surface area contributed by atoms with Crippen LogP contribution in [-0.4, -0.2) is 66.5 Å². The van der Waals surface area contributed by atoms with Gasteiger partial charge in [0.05, 0.1) is 17.8 Å². The molecule has 0 atom stereocenters. The van der Waals surface area contributed by atoms with Crippen LogP contribution < -0.4 is 10.3 Å². The monoisotopic (exact) mass is 415 g/mol. The van der Waals surface area contributed by atoms with Gasteiger partial charge in [-0.1, -0.05) is 12.7 Å². The van der Waals surface area contributed by atoms with Gasteiger partial charge < -0.3 is 19.3 Å². The lowest BCUT2D eigenvalue weighted by Crippen LogP contribution is -2.47. The van der Waals surface area contributed by atoms with Crippen molar-refractivity contribution in [2.75, 3.05) is 50.8 Å². The zero-order chi connectivity index (χ0) is 21.3. The largest absolute Gasteiger partial charge is 0.458 e. The number of aliphatic hydroxyl groups excluding tert-OH is 1. The third kappa shape index (κ3) is 3.97. The molecule has 8 heteroatoms. The number of carbonyl (C=O) groups excluding carboxylic acids is 1. The minimum Gasteiger partial charge on any atom is -0.458 e. The molecule has 0 unspecified atom stereocenters. The number of fused-ring (bicyclic) bond motifs is 1. The highest BCUT2D eigenvalue weighted by molar-refractivity contribution is 5.94. The summed E-state index contributed by atoms with van der Waals surface area (Å²) in [7, 11) is 0. The Bertz CT molecular complexity index is 1020. The van der Waals surface area contributed by atoms with Crippen molar-refractivity contribution in [1.82, 2.24) is 9.47 Å². The Kier molecular flexibility index (Phi) is 5.87. The van der Waals surface area contributed by atoms with Crippen molar-refractivity contribution in [3.05, 3.63) is 52.6 Å². The maximum Gasteiger partial charge on any atom is 0.343 e. The third-order valence-corrected chi connectivity index (χ3v) is 5.72. The lowest BCUT2D eigenvalue weighted by atomic mass is 10.1. The molecule has 2 heterocycles. The molecule has 0 spiro atoms. The maximum atomic E-state index is 15.0. The number of aromatic nitrogens is 1. The van der Waals surface area contributed by atoms with Crippen LogP contribution in [0.4, 0.5) is 10.1 Å². The van der Waals surface area contributed by atoms with E-state index in [1.807, 2.05) is 9.47 Å². The van der Waals surface area contributed by atoms with Gasteiger partial charge in [-0.2, -0.15) is 0 Å². The van der Waals surface area contributed by atoms with Crippen LogP contribution in [0.1, 0.15) is 29.2 Å². The number of carbonyl (C=O) groups is 1. The first-order valence-electron chi connectivity index (χ1n) is 10.3. The Morgan fingerprint density at radius 3 is 2.63 bits per heavy atom. The summed E-state index contributed by atoms with van der Waals surface area (Å²) in [4.78, 5) is 29.4. The van der Waals surface area contributed by atoms with Crippen LogP contribution >= 0.6 is 0 Å². The molecular weight excluding hydrogens is 389 g/mol. The number of benzene rings is 1. The quantitative estimate of drug-likeness (QED) is 0.550. The number of piperazine rings is 1. The Morgan fingerprint density at radius 1 is 1.27 bits per heavy atom. The molecule has 1 saturated heterocycles. The minimum atomic E-state index is -0.722. The number of nitrogens with zero attached hydrogens (tertiary/aromatic N) is 3. The van der Waals surface area contributed by atoms with Crippen LogP contribution in [0.5, 0.6) is 0 Å². The average Bonchev–Trinajstić information content (AvgIpc) is 3.58. The van der Waals surface area contributed by atoms with Crippen molar-refractivity contribution in [3.63, 3.8) is 0 Å². The summed E-state index contributed by atoms with van der Waals surface area (Å²) in [5, 5.41) is 9.29. The van der Waals surface area contributed by atoms with Crippen LogP contribution in [0.3, 0.4) is 0 Å². The molecule has 1 aliphatic heterocycles. The number of esters is 1. The normalized spacial score (nSPS) is 17.3. The van der Waals surface area contributed by atoms with Gasteiger partial charge in [0.1, 0.15) is 18.0 Å².